The third kappa shape index (κ3) is 3.55. The van der Waals surface area contributed by atoms with Gasteiger partial charge in [-0.2, -0.15) is 5.10 Å². The molecule has 1 aromatic carbocycles. The lowest BCUT2D eigenvalue weighted by atomic mass is 10.1. The molecule has 0 atom stereocenters. The summed E-state index contributed by atoms with van der Waals surface area (Å²) in [5, 5.41) is 14.7. The molecule has 1 aliphatic heterocycles. The molecule has 25 heavy (non-hydrogen) atoms. The summed E-state index contributed by atoms with van der Waals surface area (Å²) in [6, 6.07) is 10.5. The van der Waals surface area contributed by atoms with Gasteiger partial charge >= 0.3 is 0 Å². The molecule has 4 rings (SSSR count). The van der Waals surface area contributed by atoms with Crippen LogP contribution in [-0.4, -0.2) is 33.8 Å². The molecule has 1 amide bonds. The van der Waals surface area contributed by atoms with Crippen molar-refractivity contribution < 1.29 is 4.79 Å². The molecule has 0 bridgehead atoms. The maximum atomic E-state index is 12.3. The van der Waals surface area contributed by atoms with E-state index in [4.69, 9.17) is 0 Å². The minimum atomic E-state index is -0.0893. The Kier molecular flexibility index (Phi) is 5.40. The van der Waals surface area contributed by atoms with E-state index in [0.29, 0.717) is 18.8 Å². The zero-order valence-electron chi connectivity index (χ0n) is 13.9. The SMILES string of the molecule is Cl.O=C(NCCCn1ccc2ccccc21)c1n[nH]c2c1CNCC2. The van der Waals surface area contributed by atoms with E-state index in [2.05, 4.69) is 55.9 Å². The zero-order valence-corrected chi connectivity index (χ0v) is 14.7. The fraction of sp³-hybridized carbons (Fsp3) is 0.333. The van der Waals surface area contributed by atoms with Crippen LogP contribution in [0.2, 0.25) is 0 Å². The lowest BCUT2D eigenvalue weighted by Gasteiger charge is -2.13. The fourth-order valence-electron chi connectivity index (χ4n) is 3.28. The second kappa shape index (κ2) is 7.72. The second-order valence-corrected chi connectivity index (χ2v) is 6.13. The molecular weight excluding hydrogens is 338 g/mol. The number of nitrogens with zero attached hydrogens (tertiary/aromatic N) is 2. The van der Waals surface area contributed by atoms with Crippen LogP contribution in [0.25, 0.3) is 10.9 Å². The molecule has 0 unspecified atom stereocenters. The first kappa shape index (κ1) is 17.5. The average molecular weight is 360 g/mol. The first-order chi connectivity index (χ1) is 11.8. The molecule has 0 saturated heterocycles. The van der Waals surface area contributed by atoms with Crippen molar-refractivity contribution >= 4 is 29.2 Å². The van der Waals surface area contributed by atoms with E-state index in [-0.39, 0.29) is 18.3 Å². The summed E-state index contributed by atoms with van der Waals surface area (Å²) < 4.78 is 2.22. The molecule has 3 N–H and O–H groups in total. The number of aromatic nitrogens is 3. The van der Waals surface area contributed by atoms with Gasteiger partial charge in [0.15, 0.2) is 5.69 Å². The van der Waals surface area contributed by atoms with Gasteiger partial charge in [0.1, 0.15) is 0 Å². The number of nitrogens with one attached hydrogen (secondary N) is 3. The van der Waals surface area contributed by atoms with E-state index in [1.807, 2.05) is 6.07 Å². The standard InChI is InChI=1S/C18H21N5O.ClH/c24-18(17-14-12-19-9-6-15(14)21-22-17)20-8-3-10-23-11-7-13-4-1-2-5-16(13)23;/h1-2,4-5,7,11,19H,3,6,8-10,12H2,(H,20,24)(H,21,22);1H. The topological polar surface area (TPSA) is 74.7 Å². The number of H-pyrrole nitrogens is 1. The maximum Gasteiger partial charge on any atom is 0.272 e. The Morgan fingerprint density at radius 1 is 1.28 bits per heavy atom. The summed E-state index contributed by atoms with van der Waals surface area (Å²) >= 11 is 0. The lowest BCUT2D eigenvalue weighted by Crippen LogP contribution is -2.29. The summed E-state index contributed by atoms with van der Waals surface area (Å²) in [6.07, 6.45) is 3.88. The van der Waals surface area contributed by atoms with Gasteiger partial charge in [-0.3, -0.25) is 9.89 Å². The number of para-hydroxylation sites is 1. The number of carbonyl (C=O) groups excluding carboxylic acids is 1. The van der Waals surface area contributed by atoms with Crippen LogP contribution in [0.15, 0.2) is 36.5 Å². The van der Waals surface area contributed by atoms with Gasteiger partial charge in [-0.25, -0.2) is 0 Å². The lowest BCUT2D eigenvalue weighted by molar-refractivity contribution is 0.0946. The maximum absolute atomic E-state index is 12.3. The molecular formula is C18H22ClN5O. The minimum Gasteiger partial charge on any atom is -0.351 e. The van der Waals surface area contributed by atoms with Crippen LogP contribution in [-0.2, 0) is 19.5 Å². The van der Waals surface area contributed by atoms with E-state index >= 15 is 0 Å². The molecule has 3 heterocycles. The van der Waals surface area contributed by atoms with Gasteiger partial charge < -0.3 is 15.2 Å². The molecule has 7 heteroatoms. The van der Waals surface area contributed by atoms with E-state index in [1.165, 1.54) is 10.9 Å². The van der Waals surface area contributed by atoms with Gasteiger partial charge in [-0.1, -0.05) is 18.2 Å². The third-order valence-corrected chi connectivity index (χ3v) is 4.56. The van der Waals surface area contributed by atoms with Crippen LogP contribution < -0.4 is 10.6 Å². The number of benzene rings is 1. The second-order valence-electron chi connectivity index (χ2n) is 6.13. The van der Waals surface area contributed by atoms with E-state index in [9.17, 15) is 4.79 Å². The summed E-state index contributed by atoms with van der Waals surface area (Å²) in [5.74, 6) is -0.0893. The van der Waals surface area contributed by atoms with Crippen LogP contribution in [0.4, 0.5) is 0 Å². The predicted octanol–water partition coefficient (Wildman–Crippen LogP) is 2.25. The molecule has 1 aliphatic rings. The highest BCUT2D eigenvalue weighted by atomic mass is 35.5. The number of fused-ring (bicyclic) bond motifs is 2. The monoisotopic (exact) mass is 359 g/mol. The molecule has 6 nitrogen and oxygen atoms in total. The zero-order chi connectivity index (χ0) is 16.4. The minimum absolute atomic E-state index is 0. The first-order valence-electron chi connectivity index (χ1n) is 8.42. The molecule has 0 radical (unpaired) electrons. The molecule has 2 aromatic heterocycles. The molecule has 0 fully saturated rings. The summed E-state index contributed by atoms with van der Waals surface area (Å²) in [7, 11) is 0. The number of aromatic amines is 1. The fourth-order valence-corrected chi connectivity index (χ4v) is 3.28. The van der Waals surface area contributed by atoms with Crippen molar-refractivity contribution in [2.45, 2.75) is 25.9 Å². The number of carbonyl (C=O) groups is 1. The predicted molar refractivity (Wildman–Crippen MR) is 100 cm³/mol. The van der Waals surface area contributed by atoms with Gasteiger partial charge in [-0.15, -0.1) is 12.4 Å². The Hall–Kier alpha value is -2.31. The Morgan fingerprint density at radius 2 is 2.16 bits per heavy atom. The first-order valence-corrected chi connectivity index (χ1v) is 8.42. The summed E-state index contributed by atoms with van der Waals surface area (Å²) in [5.41, 5.74) is 3.85. The highest BCUT2D eigenvalue weighted by Crippen LogP contribution is 2.16. The van der Waals surface area contributed by atoms with Gasteiger partial charge in [0.25, 0.3) is 5.91 Å². The van der Waals surface area contributed by atoms with Crippen molar-refractivity contribution in [2.75, 3.05) is 13.1 Å². The number of aryl methyl sites for hydroxylation is 1. The van der Waals surface area contributed by atoms with Crippen molar-refractivity contribution in [2.24, 2.45) is 0 Å². The molecule has 0 aliphatic carbocycles. The summed E-state index contributed by atoms with van der Waals surface area (Å²) in [6.45, 7) is 3.17. The van der Waals surface area contributed by atoms with Gasteiger partial charge in [0.2, 0.25) is 0 Å². The Labute approximate surface area is 152 Å². The van der Waals surface area contributed by atoms with Crippen molar-refractivity contribution in [3.8, 4) is 0 Å². The number of hydrogen-bond donors (Lipinski definition) is 3. The normalized spacial score (nSPS) is 13.3. The highest BCUT2D eigenvalue weighted by molar-refractivity contribution is 5.94. The Balaban J connectivity index is 0.00000182. The number of rotatable bonds is 5. The van der Waals surface area contributed by atoms with E-state index < -0.39 is 0 Å². The van der Waals surface area contributed by atoms with E-state index in [0.717, 1.165) is 37.2 Å². The smallest absolute Gasteiger partial charge is 0.272 e. The van der Waals surface area contributed by atoms with Crippen LogP contribution >= 0.6 is 12.4 Å². The van der Waals surface area contributed by atoms with Crippen molar-refractivity contribution in [3.63, 3.8) is 0 Å². The van der Waals surface area contributed by atoms with Gasteiger partial charge in [0.05, 0.1) is 0 Å². The van der Waals surface area contributed by atoms with Crippen molar-refractivity contribution in [1.82, 2.24) is 25.4 Å². The van der Waals surface area contributed by atoms with Crippen molar-refractivity contribution in [1.29, 1.82) is 0 Å². The molecule has 0 saturated carbocycles. The Morgan fingerprint density at radius 3 is 3.08 bits per heavy atom. The Bertz CT molecular complexity index is 869. The molecule has 132 valence electrons. The quantitative estimate of drug-likeness (QED) is 0.612. The number of amides is 1. The van der Waals surface area contributed by atoms with Crippen molar-refractivity contribution in [3.05, 3.63) is 53.5 Å². The van der Waals surface area contributed by atoms with Gasteiger partial charge in [0, 0.05) is 55.6 Å². The molecule has 3 aromatic rings. The van der Waals surface area contributed by atoms with Crippen LogP contribution in [0, 0.1) is 0 Å². The van der Waals surface area contributed by atoms with Crippen LogP contribution in [0.5, 0.6) is 0 Å². The largest absolute Gasteiger partial charge is 0.351 e. The average Bonchev–Trinajstić information content (AvgIpc) is 3.23. The third-order valence-electron chi connectivity index (χ3n) is 4.56. The molecule has 0 spiro atoms. The summed E-state index contributed by atoms with van der Waals surface area (Å²) in [4.78, 5) is 12.3. The van der Waals surface area contributed by atoms with E-state index in [1.54, 1.807) is 0 Å². The van der Waals surface area contributed by atoms with Crippen LogP contribution in [0.3, 0.4) is 0 Å². The highest BCUT2D eigenvalue weighted by Gasteiger charge is 2.20. The van der Waals surface area contributed by atoms with Crippen LogP contribution in [0.1, 0.15) is 28.2 Å². The number of halogens is 1. The number of hydrogen-bond acceptors (Lipinski definition) is 3. The van der Waals surface area contributed by atoms with Gasteiger partial charge in [-0.05, 0) is 23.9 Å².